The lowest BCUT2D eigenvalue weighted by atomic mass is 10.1. The van der Waals surface area contributed by atoms with Crippen LogP contribution in [-0.4, -0.2) is 31.5 Å². The summed E-state index contributed by atoms with van der Waals surface area (Å²) in [7, 11) is -2.34. The van der Waals surface area contributed by atoms with E-state index in [-0.39, 0.29) is 10.9 Å². The Morgan fingerprint density at radius 3 is 2.63 bits per heavy atom. The third-order valence-electron chi connectivity index (χ3n) is 2.65. The van der Waals surface area contributed by atoms with Crippen molar-refractivity contribution in [2.45, 2.75) is 5.03 Å². The molecule has 7 nitrogen and oxygen atoms in total. The first-order chi connectivity index (χ1) is 8.94. The Hall–Kier alpha value is -2.35. The molecule has 19 heavy (non-hydrogen) atoms. The average Bonchev–Trinajstić information content (AvgIpc) is 2.92. The molecule has 0 bridgehead atoms. The van der Waals surface area contributed by atoms with Crippen LogP contribution in [0.2, 0.25) is 0 Å². The van der Waals surface area contributed by atoms with Gasteiger partial charge in [-0.2, -0.15) is 13.5 Å². The molecule has 0 aliphatic heterocycles. The second-order valence-electron chi connectivity index (χ2n) is 3.82. The van der Waals surface area contributed by atoms with Gasteiger partial charge in [-0.3, -0.25) is 14.8 Å². The molecule has 1 aromatic heterocycles. The third-order valence-corrected chi connectivity index (χ3v) is 4.35. The van der Waals surface area contributed by atoms with Crippen molar-refractivity contribution in [2.75, 3.05) is 11.4 Å². The van der Waals surface area contributed by atoms with Crippen molar-refractivity contribution >= 4 is 21.5 Å². The number of aromatic amines is 1. The van der Waals surface area contributed by atoms with Crippen LogP contribution in [0.5, 0.6) is 0 Å². The molecule has 8 heteroatoms. The van der Waals surface area contributed by atoms with Gasteiger partial charge in [0, 0.05) is 12.6 Å². The van der Waals surface area contributed by atoms with Gasteiger partial charge in [0.25, 0.3) is 10.0 Å². The van der Waals surface area contributed by atoms with Crippen LogP contribution in [0, 0.1) is 5.41 Å². The van der Waals surface area contributed by atoms with Crippen LogP contribution < -0.4 is 10.0 Å². The molecule has 4 N–H and O–H groups in total. The van der Waals surface area contributed by atoms with E-state index in [0.29, 0.717) is 11.3 Å². The molecule has 0 aliphatic carbocycles. The standard InChI is InChI=1S/C11H13N5O2S/c1-16(19(17,18)10-6-7-14-15-10)9-5-3-2-4-8(9)11(12)13/h2-7H,1H3,(H3,12,13)(H,14,15). The van der Waals surface area contributed by atoms with Crippen molar-refractivity contribution < 1.29 is 8.42 Å². The highest BCUT2D eigenvalue weighted by Gasteiger charge is 2.24. The lowest BCUT2D eigenvalue weighted by Gasteiger charge is -2.20. The van der Waals surface area contributed by atoms with Gasteiger partial charge in [-0.15, -0.1) is 0 Å². The molecule has 0 spiro atoms. The number of nitrogens with one attached hydrogen (secondary N) is 2. The summed E-state index contributed by atoms with van der Waals surface area (Å²) in [6.07, 6.45) is 1.36. The molecule has 2 aromatic rings. The molecule has 2 rings (SSSR count). The monoisotopic (exact) mass is 279 g/mol. The van der Waals surface area contributed by atoms with Crippen LogP contribution in [0.4, 0.5) is 5.69 Å². The molecule has 0 saturated carbocycles. The first kappa shape index (κ1) is 13.1. The fourth-order valence-electron chi connectivity index (χ4n) is 1.64. The summed E-state index contributed by atoms with van der Waals surface area (Å²) in [4.78, 5) is 0. The number of nitrogens with two attached hydrogens (primary N) is 1. The minimum atomic E-state index is -3.74. The number of H-pyrrole nitrogens is 1. The van der Waals surface area contributed by atoms with Crippen LogP contribution >= 0.6 is 0 Å². The molecular weight excluding hydrogens is 266 g/mol. The van der Waals surface area contributed by atoms with Gasteiger partial charge in [-0.25, -0.2) is 0 Å². The zero-order valence-electron chi connectivity index (χ0n) is 10.2. The largest absolute Gasteiger partial charge is 0.384 e. The van der Waals surface area contributed by atoms with Gasteiger partial charge in [0.1, 0.15) is 5.84 Å². The first-order valence-corrected chi connectivity index (χ1v) is 6.80. The fourth-order valence-corrected chi connectivity index (χ4v) is 2.75. The van der Waals surface area contributed by atoms with Gasteiger partial charge >= 0.3 is 0 Å². The second-order valence-corrected chi connectivity index (χ2v) is 5.76. The number of hydrogen-bond donors (Lipinski definition) is 3. The Morgan fingerprint density at radius 1 is 1.37 bits per heavy atom. The van der Waals surface area contributed by atoms with E-state index in [1.807, 2.05) is 0 Å². The first-order valence-electron chi connectivity index (χ1n) is 5.36. The SMILES string of the molecule is CN(c1ccccc1C(=N)N)S(=O)(=O)c1ccn[nH]1. The summed E-state index contributed by atoms with van der Waals surface area (Å²) in [6, 6.07) is 7.92. The number of rotatable bonds is 4. The topological polar surface area (TPSA) is 116 Å². The summed E-state index contributed by atoms with van der Waals surface area (Å²) >= 11 is 0. The normalized spacial score (nSPS) is 11.2. The molecule has 0 unspecified atom stereocenters. The lowest BCUT2D eigenvalue weighted by Crippen LogP contribution is -2.29. The van der Waals surface area contributed by atoms with Crippen LogP contribution in [0.1, 0.15) is 5.56 Å². The number of anilines is 1. The molecule has 0 radical (unpaired) electrons. The summed E-state index contributed by atoms with van der Waals surface area (Å²) in [6.45, 7) is 0. The van der Waals surface area contributed by atoms with Crippen LogP contribution in [0.3, 0.4) is 0 Å². The molecule has 100 valence electrons. The minimum Gasteiger partial charge on any atom is -0.384 e. The number of sulfonamides is 1. The summed E-state index contributed by atoms with van der Waals surface area (Å²) in [5.41, 5.74) is 6.15. The predicted molar refractivity (Wildman–Crippen MR) is 71.6 cm³/mol. The molecule has 0 aliphatic rings. The van der Waals surface area contributed by atoms with Crippen molar-refractivity contribution in [3.8, 4) is 0 Å². The molecule has 0 fully saturated rings. The maximum Gasteiger partial charge on any atom is 0.281 e. The Labute approximate surface area is 110 Å². The highest BCUT2D eigenvalue weighted by molar-refractivity contribution is 7.92. The quantitative estimate of drug-likeness (QED) is 0.558. The zero-order chi connectivity index (χ0) is 14.0. The molecule has 1 aromatic carbocycles. The number of nitrogen functional groups attached to an aromatic ring is 1. The molecule has 1 heterocycles. The molecule has 0 atom stereocenters. The number of hydrogen-bond acceptors (Lipinski definition) is 4. The number of benzene rings is 1. The van der Waals surface area contributed by atoms with Crippen molar-refractivity contribution in [3.05, 3.63) is 42.1 Å². The van der Waals surface area contributed by atoms with Gasteiger partial charge < -0.3 is 5.73 Å². The number of para-hydroxylation sites is 1. The van der Waals surface area contributed by atoms with Crippen molar-refractivity contribution in [3.63, 3.8) is 0 Å². The lowest BCUT2D eigenvalue weighted by molar-refractivity contribution is 0.590. The van der Waals surface area contributed by atoms with E-state index in [1.165, 1.54) is 19.3 Å². The summed E-state index contributed by atoms with van der Waals surface area (Å²) in [5, 5.41) is 13.5. The fraction of sp³-hybridized carbons (Fsp3) is 0.0909. The van der Waals surface area contributed by atoms with Crippen LogP contribution in [-0.2, 0) is 10.0 Å². The van der Waals surface area contributed by atoms with E-state index in [0.717, 1.165) is 4.31 Å². The highest BCUT2D eigenvalue weighted by Crippen LogP contribution is 2.24. The van der Waals surface area contributed by atoms with Crippen LogP contribution in [0.15, 0.2) is 41.6 Å². The Kier molecular flexibility index (Phi) is 3.26. The molecule has 0 saturated heterocycles. The highest BCUT2D eigenvalue weighted by atomic mass is 32.2. The smallest absolute Gasteiger partial charge is 0.281 e. The third kappa shape index (κ3) is 2.29. The minimum absolute atomic E-state index is 0.0200. The van der Waals surface area contributed by atoms with Gasteiger partial charge in [0.05, 0.1) is 11.9 Å². The van der Waals surface area contributed by atoms with Crippen LogP contribution in [0.25, 0.3) is 0 Å². The summed E-state index contributed by atoms with van der Waals surface area (Å²) < 4.78 is 25.7. The van der Waals surface area contributed by atoms with Crippen molar-refractivity contribution in [2.24, 2.45) is 5.73 Å². The zero-order valence-corrected chi connectivity index (χ0v) is 11.0. The average molecular weight is 279 g/mol. The summed E-state index contributed by atoms with van der Waals surface area (Å²) in [5.74, 6) is -0.192. The van der Waals surface area contributed by atoms with Gasteiger partial charge in [-0.05, 0) is 18.2 Å². The van der Waals surface area contributed by atoms with E-state index in [9.17, 15) is 8.42 Å². The number of amidine groups is 1. The Balaban J connectivity index is 2.52. The van der Waals surface area contributed by atoms with E-state index in [1.54, 1.807) is 24.3 Å². The van der Waals surface area contributed by atoms with E-state index < -0.39 is 10.0 Å². The Bertz CT molecular complexity index is 694. The number of nitrogens with zero attached hydrogens (tertiary/aromatic N) is 2. The van der Waals surface area contributed by atoms with Gasteiger partial charge in [0.2, 0.25) is 0 Å². The number of aromatic nitrogens is 2. The van der Waals surface area contributed by atoms with Crippen molar-refractivity contribution in [1.82, 2.24) is 10.2 Å². The molecular formula is C11H13N5O2S. The Morgan fingerprint density at radius 2 is 2.05 bits per heavy atom. The second kappa shape index (κ2) is 4.73. The van der Waals surface area contributed by atoms with E-state index in [2.05, 4.69) is 10.2 Å². The van der Waals surface area contributed by atoms with Gasteiger partial charge in [0.15, 0.2) is 5.03 Å². The van der Waals surface area contributed by atoms with Crippen molar-refractivity contribution in [1.29, 1.82) is 5.41 Å². The van der Waals surface area contributed by atoms with E-state index >= 15 is 0 Å². The maximum absolute atomic E-state index is 12.3. The molecule has 0 amide bonds. The van der Waals surface area contributed by atoms with Gasteiger partial charge in [-0.1, -0.05) is 12.1 Å². The van der Waals surface area contributed by atoms with E-state index in [4.69, 9.17) is 11.1 Å². The predicted octanol–water partition coefficient (Wildman–Crippen LogP) is 0.519. The maximum atomic E-state index is 12.3.